The molecule has 0 unspecified atom stereocenters. The molecule has 0 aromatic rings. The van der Waals surface area contributed by atoms with Crippen LogP contribution in [0.2, 0.25) is 0 Å². The molecule has 0 aliphatic carbocycles. The predicted molar refractivity (Wildman–Crippen MR) is 48.1 cm³/mol. The summed E-state index contributed by atoms with van der Waals surface area (Å²) in [7, 11) is 1.60. The third kappa shape index (κ3) is 2.23. The van der Waals surface area contributed by atoms with Crippen LogP contribution in [0.25, 0.3) is 0 Å². The largest absolute Gasteiger partial charge is 0.383 e. The van der Waals surface area contributed by atoms with Crippen molar-refractivity contribution in [3.05, 3.63) is 46.3 Å². The zero-order valence-electron chi connectivity index (χ0n) is 7.26. The Morgan fingerprint density at radius 1 is 1.67 bits per heavy atom. The summed E-state index contributed by atoms with van der Waals surface area (Å²) in [6.45, 7) is 8.54. The molecular formula is C8H12N2O2. The van der Waals surface area contributed by atoms with Gasteiger partial charge in [-0.3, -0.25) is 10.1 Å². The van der Waals surface area contributed by atoms with Gasteiger partial charge >= 0.3 is 0 Å². The Labute approximate surface area is 71.4 Å². The van der Waals surface area contributed by atoms with Crippen LogP contribution in [0.1, 0.15) is 6.92 Å². The van der Waals surface area contributed by atoms with Crippen molar-refractivity contribution in [1.29, 1.82) is 0 Å². The van der Waals surface area contributed by atoms with Crippen molar-refractivity contribution < 1.29 is 4.92 Å². The second-order valence-electron chi connectivity index (χ2n) is 2.25. The lowest BCUT2D eigenvalue weighted by Gasteiger charge is -2.02. The highest BCUT2D eigenvalue weighted by Gasteiger charge is 2.15. The maximum atomic E-state index is 10.5. The van der Waals surface area contributed by atoms with Gasteiger partial charge in [0.25, 0.3) is 5.70 Å². The molecule has 0 amide bonds. The maximum absolute atomic E-state index is 10.5. The van der Waals surface area contributed by atoms with Gasteiger partial charge in [-0.25, -0.2) is 0 Å². The van der Waals surface area contributed by atoms with Gasteiger partial charge in [0.15, 0.2) is 0 Å². The van der Waals surface area contributed by atoms with Crippen LogP contribution in [0.4, 0.5) is 0 Å². The molecule has 0 heterocycles. The first-order chi connectivity index (χ1) is 5.54. The van der Waals surface area contributed by atoms with Crippen LogP contribution in [0.5, 0.6) is 0 Å². The molecule has 0 saturated heterocycles. The van der Waals surface area contributed by atoms with E-state index in [0.717, 1.165) is 0 Å². The Morgan fingerprint density at radius 2 is 2.17 bits per heavy atom. The van der Waals surface area contributed by atoms with E-state index < -0.39 is 4.92 Å². The van der Waals surface area contributed by atoms with Gasteiger partial charge in [-0.1, -0.05) is 13.2 Å². The normalized spacial score (nSPS) is 11.5. The average molecular weight is 168 g/mol. The standard InChI is InChI=1S/C8H12N2O2/c1-5-7(9-4)8(6(2)3)10(11)12/h5,9H,1-2H2,3-4H3/b8-7-. The van der Waals surface area contributed by atoms with Crippen LogP contribution in [0.15, 0.2) is 36.2 Å². The molecule has 66 valence electrons. The summed E-state index contributed by atoms with van der Waals surface area (Å²) in [5, 5.41) is 13.2. The number of nitrogens with zero attached hydrogens (tertiary/aromatic N) is 1. The third-order valence-electron chi connectivity index (χ3n) is 1.32. The molecule has 0 atom stereocenters. The van der Waals surface area contributed by atoms with Crippen molar-refractivity contribution in [2.24, 2.45) is 0 Å². The van der Waals surface area contributed by atoms with Gasteiger partial charge in [-0.15, -0.1) is 0 Å². The molecule has 0 aromatic heterocycles. The van der Waals surface area contributed by atoms with Crippen molar-refractivity contribution in [3.63, 3.8) is 0 Å². The summed E-state index contributed by atoms with van der Waals surface area (Å²) in [4.78, 5) is 10.0. The van der Waals surface area contributed by atoms with Crippen molar-refractivity contribution in [2.45, 2.75) is 6.92 Å². The topological polar surface area (TPSA) is 55.2 Å². The molecule has 0 aliphatic heterocycles. The van der Waals surface area contributed by atoms with Crippen LogP contribution in [0, 0.1) is 10.1 Å². The number of nitro groups is 1. The molecule has 0 saturated carbocycles. The lowest BCUT2D eigenvalue weighted by atomic mass is 10.2. The maximum Gasteiger partial charge on any atom is 0.294 e. The molecule has 4 heteroatoms. The Hall–Kier alpha value is -1.58. The summed E-state index contributed by atoms with van der Waals surface area (Å²) >= 11 is 0. The van der Waals surface area contributed by atoms with E-state index in [2.05, 4.69) is 18.5 Å². The van der Waals surface area contributed by atoms with Gasteiger partial charge in [0.2, 0.25) is 0 Å². The molecule has 0 fully saturated rings. The van der Waals surface area contributed by atoms with E-state index in [-0.39, 0.29) is 5.70 Å². The minimum absolute atomic E-state index is 0.0208. The number of hydrogen-bond donors (Lipinski definition) is 1. The summed E-state index contributed by atoms with van der Waals surface area (Å²) in [6, 6.07) is 0. The fraction of sp³-hybridized carbons (Fsp3) is 0.250. The molecule has 0 aliphatic rings. The van der Waals surface area contributed by atoms with Gasteiger partial charge in [-0.2, -0.15) is 0 Å². The van der Waals surface area contributed by atoms with Crippen molar-refractivity contribution >= 4 is 0 Å². The van der Waals surface area contributed by atoms with Crippen LogP contribution in [0.3, 0.4) is 0 Å². The van der Waals surface area contributed by atoms with E-state index in [1.54, 1.807) is 14.0 Å². The van der Waals surface area contributed by atoms with Crippen LogP contribution in [-0.4, -0.2) is 12.0 Å². The fourth-order valence-electron chi connectivity index (χ4n) is 0.801. The highest BCUT2D eigenvalue weighted by molar-refractivity contribution is 5.30. The lowest BCUT2D eigenvalue weighted by molar-refractivity contribution is -0.421. The van der Waals surface area contributed by atoms with E-state index in [9.17, 15) is 10.1 Å². The first-order valence-corrected chi connectivity index (χ1v) is 3.39. The molecule has 12 heavy (non-hydrogen) atoms. The molecule has 0 aromatic carbocycles. The molecular weight excluding hydrogens is 156 g/mol. The average Bonchev–Trinajstić information content (AvgIpc) is 1.98. The highest BCUT2D eigenvalue weighted by atomic mass is 16.6. The van der Waals surface area contributed by atoms with Gasteiger partial charge in [0.1, 0.15) is 5.70 Å². The molecule has 0 radical (unpaired) electrons. The number of rotatable bonds is 4. The second-order valence-corrected chi connectivity index (χ2v) is 2.25. The van der Waals surface area contributed by atoms with Gasteiger partial charge in [0.05, 0.1) is 4.92 Å². The third-order valence-corrected chi connectivity index (χ3v) is 1.32. The number of allylic oxidation sites excluding steroid dienone is 2. The molecule has 1 N–H and O–H groups in total. The lowest BCUT2D eigenvalue weighted by Crippen LogP contribution is -2.12. The van der Waals surface area contributed by atoms with Crippen molar-refractivity contribution in [3.8, 4) is 0 Å². The molecule has 0 rings (SSSR count). The Morgan fingerprint density at radius 3 is 2.25 bits per heavy atom. The van der Waals surface area contributed by atoms with Crippen LogP contribution >= 0.6 is 0 Å². The van der Waals surface area contributed by atoms with E-state index in [1.165, 1.54) is 6.08 Å². The number of hydrogen-bond acceptors (Lipinski definition) is 3. The molecule has 0 spiro atoms. The first kappa shape index (κ1) is 10.4. The van der Waals surface area contributed by atoms with Crippen molar-refractivity contribution in [1.82, 2.24) is 5.32 Å². The Balaban J connectivity index is 5.17. The first-order valence-electron chi connectivity index (χ1n) is 3.39. The number of nitrogens with one attached hydrogen (secondary N) is 1. The van der Waals surface area contributed by atoms with Crippen LogP contribution in [-0.2, 0) is 0 Å². The Kier molecular flexibility index (Phi) is 3.76. The van der Waals surface area contributed by atoms with Crippen LogP contribution < -0.4 is 5.32 Å². The van der Waals surface area contributed by atoms with E-state index >= 15 is 0 Å². The summed E-state index contributed by atoms with van der Waals surface area (Å²) in [5.74, 6) is 0. The smallest absolute Gasteiger partial charge is 0.294 e. The van der Waals surface area contributed by atoms with Gasteiger partial charge in [0, 0.05) is 12.6 Å². The monoisotopic (exact) mass is 168 g/mol. The quantitative estimate of drug-likeness (QED) is 0.392. The summed E-state index contributed by atoms with van der Waals surface area (Å²) in [6.07, 6.45) is 1.40. The summed E-state index contributed by atoms with van der Waals surface area (Å²) < 4.78 is 0. The fourth-order valence-corrected chi connectivity index (χ4v) is 0.801. The Bertz CT molecular complexity index is 238. The van der Waals surface area contributed by atoms with E-state index in [0.29, 0.717) is 11.3 Å². The van der Waals surface area contributed by atoms with E-state index in [4.69, 9.17) is 0 Å². The minimum atomic E-state index is -0.476. The van der Waals surface area contributed by atoms with E-state index in [1.807, 2.05) is 0 Å². The predicted octanol–water partition coefficient (Wildman–Crippen LogP) is 1.46. The summed E-state index contributed by atoms with van der Waals surface area (Å²) in [5.41, 5.74) is 0.768. The van der Waals surface area contributed by atoms with Crippen molar-refractivity contribution in [2.75, 3.05) is 7.05 Å². The second kappa shape index (κ2) is 4.33. The SMILES string of the molecule is C=C/C(NC)=C(\C(=C)C)[N+](=O)[O-]. The van der Waals surface area contributed by atoms with Gasteiger partial charge < -0.3 is 5.32 Å². The molecule has 0 bridgehead atoms. The highest BCUT2D eigenvalue weighted by Crippen LogP contribution is 2.11. The molecule has 4 nitrogen and oxygen atoms in total. The zero-order chi connectivity index (χ0) is 9.72. The minimum Gasteiger partial charge on any atom is -0.383 e. The van der Waals surface area contributed by atoms with Gasteiger partial charge in [-0.05, 0) is 13.0 Å². The number of likely N-dealkylation sites (N-methyl/N-ethyl adjacent to an activating group) is 1. The zero-order valence-corrected chi connectivity index (χ0v) is 7.26.